The number of rotatable bonds is 3. The molecule has 1 aliphatic heterocycles. The predicted molar refractivity (Wildman–Crippen MR) is 55.7 cm³/mol. The first-order valence-electron chi connectivity index (χ1n) is 5.19. The smallest absolute Gasteiger partial charge is 0.339 e. The van der Waals surface area contributed by atoms with Crippen LogP contribution in [0.3, 0.4) is 0 Å². The van der Waals surface area contributed by atoms with Crippen molar-refractivity contribution in [3.05, 3.63) is 24.0 Å². The van der Waals surface area contributed by atoms with Crippen LogP contribution in [0.2, 0.25) is 0 Å². The average molecular weight is 223 g/mol. The molecule has 0 radical (unpaired) electrons. The summed E-state index contributed by atoms with van der Waals surface area (Å²) in [5, 5.41) is 8.96. The minimum absolute atomic E-state index is 0.0241. The highest BCUT2D eigenvalue weighted by Gasteiger charge is 2.18. The van der Waals surface area contributed by atoms with Crippen molar-refractivity contribution in [3.63, 3.8) is 0 Å². The molecule has 0 unspecified atom stereocenters. The van der Waals surface area contributed by atoms with Crippen molar-refractivity contribution in [2.75, 3.05) is 13.2 Å². The highest BCUT2D eigenvalue weighted by molar-refractivity contribution is 5.90. The maximum atomic E-state index is 10.9. The third-order valence-electron chi connectivity index (χ3n) is 2.48. The zero-order valence-electron chi connectivity index (χ0n) is 8.76. The summed E-state index contributed by atoms with van der Waals surface area (Å²) in [6.45, 7) is 1.32. The number of hydrogen-bond acceptors (Lipinski definition) is 4. The van der Waals surface area contributed by atoms with E-state index in [4.69, 9.17) is 14.6 Å². The van der Waals surface area contributed by atoms with E-state index in [1.807, 2.05) is 0 Å². The molecule has 2 rings (SSSR count). The van der Waals surface area contributed by atoms with Crippen molar-refractivity contribution in [2.45, 2.75) is 18.9 Å². The Morgan fingerprint density at radius 3 is 2.94 bits per heavy atom. The molecule has 2 heterocycles. The van der Waals surface area contributed by atoms with Crippen molar-refractivity contribution in [1.29, 1.82) is 0 Å². The van der Waals surface area contributed by atoms with Gasteiger partial charge in [0.1, 0.15) is 11.7 Å². The molecule has 0 spiro atoms. The molecule has 0 atom stereocenters. The van der Waals surface area contributed by atoms with E-state index < -0.39 is 5.97 Å². The number of aromatic nitrogens is 1. The number of nitrogens with zero attached hydrogens (tertiary/aromatic N) is 1. The Bertz CT molecular complexity index is 374. The van der Waals surface area contributed by atoms with Gasteiger partial charge in [0, 0.05) is 19.0 Å². The summed E-state index contributed by atoms with van der Waals surface area (Å²) in [5.74, 6) is -0.661. The van der Waals surface area contributed by atoms with E-state index in [0.29, 0.717) is 19.0 Å². The molecular formula is C11H13NO4. The van der Waals surface area contributed by atoms with Crippen molar-refractivity contribution in [3.8, 4) is 5.75 Å². The summed E-state index contributed by atoms with van der Waals surface area (Å²) in [4.78, 5) is 14.8. The topological polar surface area (TPSA) is 68.7 Å². The lowest BCUT2D eigenvalue weighted by Crippen LogP contribution is -2.26. The highest BCUT2D eigenvalue weighted by atomic mass is 16.5. The quantitative estimate of drug-likeness (QED) is 0.837. The van der Waals surface area contributed by atoms with E-state index >= 15 is 0 Å². The lowest BCUT2D eigenvalue weighted by Gasteiger charge is -2.23. The molecule has 1 fully saturated rings. The summed E-state index contributed by atoms with van der Waals surface area (Å²) in [6, 6.07) is 1.44. The molecule has 1 saturated heterocycles. The van der Waals surface area contributed by atoms with Crippen LogP contribution in [0.5, 0.6) is 5.75 Å². The second kappa shape index (κ2) is 4.94. The fraction of sp³-hybridized carbons (Fsp3) is 0.455. The Kier molecular flexibility index (Phi) is 3.36. The maximum Gasteiger partial charge on any atom is 0.339 e. The Morgan fingerprint density at radius 2 is 2.25 bits per heavy atom. The second-order valence-corrected chi connectivity index (χ2v) is 3.61. The van der Waals surface area contributed by atoms with Crippen LogP contribution in [0.15, 0.2) is 18.5 Å². The average Bonchev–Trinajstić information content (AvgIpc) is 2.31. The number of ether oxygens (including phenoxy) is 2. The fourth-order valence-corrected chi connectivity index (χ4v) is 1.62. The third-order valence-corrected chi connectivity index (χ3v) is 2.48. The van der Waals surface area contributed by atoms with Crippen molar-refractivity contribution in [2.24, 2.45) is 0 Å². The first-order chi connectivity index (χ1) is 7.77. The minimum atomic E-state index is -0.996. The van der Waals surface area contributed by atoms with Gasteiger partial charge in [-0.2, -0.15) is 0 Å². The van der Waals surface area contributed by atoms with Crippen LogP contribution < -0.4 is 4.74 Å². The lowest BCUT2D eigenvalue weighted by molar-refractivity contribution is 0.0247. The van der Waals surface area contributed by atoms with Crippen LogP contribution >= 0.6 is 0 Å². The molecule has 0 aromatic carbocycles. The molecule has 1 aliphatic rings. The molecule has 5 nitrogen and oxygen atoms in total. The van der Waals surface area contributed by atoms with E-state index in [1.165, 1.54) is 18.5 Å². The van der Waals surface area contributed by atoms with Gasteiger partial charge in [-0.15, -0.1) is 0 Å². The van der Waals surface area contributed by atoms with Crippen LogP contribution in [0.1, 0.15) is 23.2 Å². The summed E-state index contributed by atoms with van der Waals surface area (Å²) in [6.07, 6.45) is 4.48. The predicted octanol–water partition coefficient (Wildman–Crippen LogP) is 1.34. The maximum absolute atomic E-state index is 10.9. The highest BCUT2D eigenvalue weighted by Crippen LogP contribution is 2.21. The third kappa shape index (κ3) is 2.49. The number of carboxylic acid groups (broad SMARTS) is 1. The zero-order chi connectivity index (χ0) is 11.4. The van der Waals surface area contributed by atoms with Crippen molar-refractivity contribution < 1.29 is 19.4 Å². The monoisotopic (exact) mass is 223 g/mol. The van der Waals surface area contributed by atoms with Crippen LogP contribution in [-0.2, 0) is 4.74 Å². The summed E-state index contributed by atoms with van der Waals surface area (Å²) in [5.41, 5.74) is 0.154. The molecule has 1 aromatic heterocycles. The number of pyridine rings is 1. The van der Waals surface area contributed by atoms with Crippen molar-refractivity contribution >= 4 is 5.97 Å². The largest absolute Gasteiger partial charge is 0.488 e. The summed E-state index contributed by atoms with van der Waals surface area (Å²) < 4.78 is 10.8. The van der Waals surface area contributed by atoms with Gasteiger partial charge in [-0.05, 0) is 6.07 Å². The number of hydrogen-bond donors (Lipinski definition) is 1. The van der Waals surface area contributed by atoms with Gasteiger partial charge in [-0.25, -0.2) is 4.79 Å². The van der Waals surface area contributed by atoms with Gasteiger partial charge in [0.25, 0.3) is 0 Å². The molecule has 1 aromatic rings. The molecule has 0 aliphatic carbocycles. The molecule has 5 heteroatoms. The van der Waals surface area contributed by atoms with Gasteiger partial charge < -0.3 is 14.6 Å². The molecular weight excluding hydrogens is 210 g/mol. The number of aromatic carboxylic acids is 1. The van der Waals surface area contributed by atoms with Gasteiger partial charge in [0.15, 0.2) is 5.75 Å². The van der Waals surface area contributed by atoms with Crippen LogP contribution in [0.4, 0.5) is 0 Å². The van der Waals surface area contributed by atoms with Gasteiger partial charge in [-0.1, -0.05) is 0 Å². The Labute approximate surface area is 93.0 Å². The summed E-state index contributed by atoms with van der Waals surface area (Å²) >= 11 is 0. The minimum Gasteiger partial charge on any atom is -0.488 e. The Morgan fingerprint density at radius 1 is 1.50 bits per heavy atom. The van der Waals surface area contributed by atoms with Crippen LogP contribution in [0, 0.1) is 0 Å². The fourth-order valence-electron chi connectivity index (χ4n) is 1.62. The first kappa shape index (κ1) is 10.9. The van der Waals surface area contributed by atoms with E-state index in [2.05, 4.69) is 4.98 Å². The molecule has 1 N–H and O–H groups in total. The van der Waals surface area contributed by atoms with Gasteiger partial charge in [0.2, 0.25) is 0 Å². The molecule has 0 bridgehead atoms. The normalized spacial score (nSPS) is 17.0. The molecule has 86 valence electrons. The first-order valence-corrected chi connectivity index (χ1v) is 5.19. The van der Waals surface area contributed by atoms with Crippen LogP contribution in [-0.4, -0.2) is 35.4 Å². The SMILES string of the molecule is O=C(O)c1ccncc1OC1CCOCC1. The van der Waals surface area contributed by atoms with E-state index in [-0.39, 0.29) is 11.7 Å². The molecule has 0 saturated carbocycles. The Hall–Kier alpha value is -1.62. The van der Waals surface area contributed by atoms with Gasteiger partial charge >= 0.3 is 5.97 Å². The van der Waals surface area contributed by atoms with Gasteiger partial charge in [0.05, 0.1) is 19.4 Å². The van der Waals surface area contributed by atoms with Crippen LogP contribution in [0.25, 0.3) is 0 Å². The second-order valence-electron chi connectivity index (χ2n) is 3.61. The standard InChI is InChI=1S/C11H13NO4/c13-11(14)9-1-4-12-7-10(9)16-8-2-5-15-6-3-8/h1,4,7-8H,2-3,5-6H2,(H,13,14). The Balaban J connectivity index is 2.10. The lowest BCUT2D eigenvalue weighted by atomic mass is 10.1. The van der Waals surface area contributed by atoms with E-state index in [1.54, 1.807) is 0 Å². The van der Waals surface area contributed by atoms with E-state index in [9.17, 15) is 4.79 Å². The summed E-state index contributed by atoms with van der Waals surface area (Å²) in [7, 11) is 0. The number of carbonyl (C=O) groups is 1. The zero-order valence-corrected chi connectivity index (χ0v) is 8.76. The van der Waals surface area contributed by atoms with Gasteiger partial charge in [-0.3, -0.25) is 4.98 Å². The number of carboxylic acids is 1. The molecule has 16 heavy (non-hydrogen) atoms. The van der Waals surface area contributed by atoms with E-state index in [0.717, 1.165) is 12.8 Å². The van der Waals surface area contributed by atoms with Crippen molar-refractivity contribution in [1.82, 2.24) is 4.98 Å². The molecule has 0 amide bonds.